The number of halogens is 1. The summed E-state index contributed by atoms with van der Waals surface area (Å²) in [6, 6.07) is 9.89. The van der Waals surface area contributed by atoms with Crippen LogP contribution in [0.2, 0.25) is 0 Å². The summed E-state index contributed by atoms with van der Waals surface area (Å²) in [5.41, 5.74) is 0.721. The first-order valence-corrected chi connectivity index (χ1v) is 10.2. The van der Waals surface area contributed by atoms with Gasteiger partial charge in [-0.3, -0.25) is 14.5 Å². The summed E-state index contributed by atoms with van der Waals surface area (Å²) in [6.45, 7) is 3.94. The van der Waals surface area contributed by atoms with Gasteiger partial charge < -0.3 is 20.1 Å². The molecule has 0 bridgehead atoms. The minimum absolute atomic E-state index is 0.389. The predicted octanol–water partition coefficient (Wildman–Crippen LogP) is 2.93. The maximum absolute atomic E-state index is 13.1. The molecule has 0 spiro atoms. The van der Waals surface area contributed by atoms with E-state index in [2.05, 4.69) is 26.6 Å². The molecule has 2 aliphatic rings. The summed E-state index contributed by atoms with van der Waals surface area (Å²) in [6.07, 6.45) is 0. The number of aryl methyl sites for hydroxylation is 1. The number of hydrogen-bond acceptors (Lipinski definition) is 5. The molecular formula is C21H20BrN3O5. The first kappa shape index (κ1) is 20.2. The van der Waals surface area contributed by atoms with Crippen molar-refractivity contribution in [1.29, 1.82) is 0 Å². The maximum atomic E-state index is 13.1. The molecule has 0 saturated carbocycles. The van der Waals surface area contributed by atoms with Crippen LogP contribution < -0.4 is 20.1 Å². The van der Waals surface area contributed by atoms with Crippen molar-refractivity contribution >= 4 is 39.5 Å². The molecule has 2 aromatic rings. The molecule has 1 fully saturated rings. The topological polar surface area (TPSA) is 97.0 Å². The molecule has 0 aliphatic carbocycles. The quantitative estimate of drug-likeness (QED) is 0.665. The zero-order valence-corrected chi connectivity index (χ0v) is 18.0. The first-order valence-electron chi connectivity index (χ1n) is 9.38. The number of ether oxygens (including phenoxy) is 2. The molecule has 4 rings (SSSR count). The van der Waals surface area contributed by atoms with Gasteiger partial charge in [0.1, 0.15) is 25.3 Å². The van der Waals surface area contributed by atoms with E-state index in [0.29, 0.717) is 36.0 Å². The third kappa shape index (κ3) is 3.60. The molecule has 0 aromatic heterocycles. The zero-order chi connectivity index (χ0) is 21.5. The van der Waals surface area contributed by atoms with Crippen molar-refractivity contribution in [2.24, 2.45) is 0 Å². The number of carbonyl (C=O) groups is 3. The van der Waals surface area contributed by atoms with E-state index in [1.165, 1.54) is 0 Å². The predicted molar refractivity (Wildman–Crippen MR) is 113 cm³/mol. The highest BCUT2D eigenvalue weighted by molar-refractivity contribution is 9.10. The van der Waals surface area contributed by atoms with Crippen LogP contribution in [0, 0.1) is 6.92 Å². The van der Waals surface area contributed by atoms with Crippen LogP contribution in [-0.4, -0.2) is 42.5 Å². The van der Waals surface area contributed by atoms with E-state index < -0.39 is 23.4 Å². The molecule has 4 amide bonds. The molecule has 9 heteroatoms. The monoisotopic (exact) mass is 473 g/mol. The van der Waals surface area contributed by atoms with Crippen molar-refractivity contribution in [1.82, 2.24) is 10.2 Å². The van der Waals surface area contributed by atoms with Gasteiger partial charge >= 0.3 is 6.03 Å². The minimum atomic E-state index is -1.30. The van der Waals surface area contributed by atoms with Crippen LogP contribution in [0.5, 0.6) is 11.5 Å². The Morgan fingerprint density at radius 2 is 1.90 bits per heavy atom. The fourth-order valence-electron chi connectivity index (χ4n) is 3.49. The Kier molecular flexibility index (Phi) is 5.15. The van der Waals surface area contributed by atoms with Crippen molar-refractivity contribution in [3.8, 4) is 11.5 Å². The first-order chi connectivity index (χ1) is 14.3. The number of amides is 4. The van der Waals surface area contributed by atoms with Gasteiger partial charge in [0.25, 0.3) is 5.91 Å². The number of urea groups is 1. The van der Waals surface area contributed by atoms with Gasteiger partial charge in [-0.2, -0.15) is 0 Å². The normalized spacial score (nSPS) is 20.2. The van der Waals surface area contributed by atoms with Gasteiger partial charge in [0.2, 0.25) is 5.91 Å². The fourth-order valence-corrected chi connectivity index (χ4v) is 3.97. The Hall–Kier alpha value is -3.07. The second-order valence-corrected chi connectivity index (χ2v) is 8.23. The van der Waals surface area contributed by atoms with Gasteiger partial charge in [-0.25, -0.2) is 4.79 Å². The van der Waals surface area contributed by atoms with E-state index in [0.717, 1.165) is 14.9 Å². The molecular weight excluding hydrogens is 454 g/mol. The second-order valence-electron chi connectivity index (χ2n) is 7.31. The zero-order valence-electron chi connectivity index (χ0n) is 16.5. The Balaban J connectivity index is 1.51. The lowest BCUT2D eigenvalue weighted by atomic mass is 9.91. The largest absolute Gasteiger partial charge is 0.486 e. The van der Waals surface area contributed by atoms with Gasteiger partial charge in [-0.15, -0.1) is 0 Å². The summed E-state index contributed by atoms with van der Waals surface area (Å²) >= 11 is 3.37. The van der Waals surface area contributed by atoms with Crippen LogP contribution >= 0.6 is 15.9 Å². The van der Waals surface area contributed by atoms with Crippen LogP contribution in [0.15, 0.2) is 40.9 Å². The number of nitrogens with zero attached hydrogens (tertiary/aromatic N) is 1. The summed E-state index contributed by atoms with van der Waals surface area (Å²) in [4.78, 5) is 39.0. The third-order valence-electron chi connectivity index (χ3n) is 5.16. The minimum Gasteiger partial charge on any atom is -0.486 e. The number of carbonyl (C=O) groups excluding carboxylic acids is 3. The Morgan fingerprint density at radius 1 is 1.17 bits per heavy atom. The van der Waals surface area contributed by atoms with Gasteiger partial charge in [0.15, 0.2) is 11.5 Å². The van der Waals surface area contributed by atoms with E-state index in [4.69, 9.17) is 9.47 Å². The molecule has 2 aromatic carbocycles. The number of imide groups is 1. The standard InChI is InChI=1S/C21H20BrN3O5/c1-12-9-14(22)4-5-15(12)23-18(26)11-25-19(27)21(2,24-20(25)28)13-3-6-16-17(10-13)30-8-7-29-16/h3-6,9-10H,7-8,11H2,1-2H3,(H,23,26)(H,24,28)/t21-/m0/s1. The number of hydrogen-bond donors (Lipinski definition) is 2. The molecule has 0 unspecified atom stereocenters. The number of benzene rings is 2. The lowest BCUT2D eigenvalue weighted by Crippen LogP contribution is -2.42. The van der Waals surface area contributed by atoms with Gasteiger partial charge in [0, 0.05) is 10.2 Å². The molecule has 1 atom stereocenters. The van der Waals surface area contributed by atoms with Crippen molar-refractivity contribution in [3.05, 3.63) is 52.0 Å². The van der Waals surface area contributed by atoms with Crippen LogP contribution in [0.25, 0.3) is 0 Å². The van der Waals surface area contributed by atoms with Crippen molar-refractivity contribution in [2.45, 2.75) is 19.4 Å². The van der Waals surface area contributed by atoms with E-state index in [9.17, 15) is 14.4 Å². The molecule has 0 radical (unpaired) electrons. The number of rotatable bonds is 4. The summed E-state index contributed by atoms with van der Waals surface area (Å²) in [5, 5.41) is 5.44. The van der Waals surface area contributed by atoms with Crippen molar-refractivity contribution < 1.29 is 23.9 Å². The lowest BCUT2D eigenvalue weighted by molar-refractivity contribution is -0.133. The number of anilines is 1. The molecule has 30 heavy (non-hydrogen) atoms. The molecule has 2 N–H and O–H groups in total. The highest BCUT2D eigenvalue weighted by Crippen LogP contribution is 2.36. The Morgan fingerprint density at radius 3 is 2.63 bits per heavy atom. The lowest BCUT2D eigenvalue weighted by Gasteiger charge is -2.25. The number of nitrogens with one attached hydrogen (secondary N) is 2. The highest BCUT2D eigenvalue weighted by atomic mass is 79.9. The van der Waals surface area contributed by atoms with Crippen LogP contribution in [-0.2, 0) is 15.1 Å². The second kappa shape index (κ2) is 7.64. The van der Waals surface area contributed by atoms with E-state index in [1.54, 1.807) is 37.3 Å². The van der Waals surface area contributed by atoms with E-state index in [-0.39, 0.29) is 6.54 Å². The van der Waals surface area contributed by atoms with Crippen LogP contribution in [0.1, 0.15) is 18.1 Å². The molecule has 156 valence electrons. The maximum Gasteiger partial charge on any atom is 0.325 e. The smallest absolute Gasteiger partial charge is 0.325 e. The van der Waals surface area contributed by atoms with Crippen molar-refractivity contribution in [2.75, 3.05) is 25.1 Å². The summed E-state index contributed by atoms with van der Waals surface area (Å²) in [7, 11) is 0. The SMILES string of the molecule is Cc1cc(Br)ccc1NC(=O)CN1C(=O)N[C@@](C)(c2ccc3c(c2)OCCO3)C1=O. The fraction of sp³-hybridized carbons (Fsp3) is 0.286. The van der Waals surface area contributed by atoms with Crippen LogP contribution in [0.4, 0.5) is 10.5 Å². The summed E-state index contributed by atoms with van der Waals surface area (Å²) < 4.78 is 12.0. The number of fused-ring (bicyclic) bond motifs is 1. The molecule has 2 heterocycles. The Bertz CT molecular complexity index is 1060. The molecule has 8 nitrogen and oxygen atoms in total. The van der Waals surface area contributed by atoms with Gasteiger partial charge in [-0.1, -0.05) is 22.0 Å². The summed E-state index contributed by atoms with van der Waals surface area (Å²) in [5.74, 6) is 0.137. The van der Waals surface area contributed by atoms with E-state index >= 15 is 0 Å². The average molecular weight is 474 g/mol. The van der Waals surface area contributed by atoms with Gasteiger partial charge in [0.05, 0.1) is 0 Å². The average Bonchev–Trinajstić information content (AvgIpc) is 2.94. The van der Waals surface area contributed by atoms with E-state index in [1.807, 2.05) is 13.0 Å². The van der Waals surface area contributed by atoms with Crippen LogP contribution in [0.3, 0.4) is 0 Å². The third-order valence-corrected chi connectivity index (χ3v) is 5.65. The highest BCUT2D eigenvalue weighted by Gasteiger charge is 2.49. The Labute approximate surface area is 181 Å². The molecule has 2 aliphatic heterocycles. The molecule has 1 saturated heterocycles. The van der Waals surface area contributed by atoms with Gasteiger partial charge in [-0.05, 0) is 55.3 Å². The van der Waals surface area contributed by atoms with Crippen molar-refractivity contribution in [3.63, 3.8) is 0 Å².